The third-order valence-electron chi connectivity index (χ3n) is 11.6. The summed E-state index contributed by atoms with van der Waals surface area (Å²) in [5, 5.41) is 32.7. The van der Waals surface area contributed by atoms with Gasteiger partial charge in [-0.25, -0.2) is 14.6 Å². The average molecular weight is 757 g/mol. The molecule has 0 spiro atoms. The van der Waals surface area contributed by atoms with Crippen molar-refractivity contribution in [3.05, 3.63) is 40.4 Å². The number of carbonyl (C=O) groups is 1. The van der Waals surface area contributed by atoms with Crippen molar-refractivity contribution in [2.24, 2.45) is 5.92 Å². The third kappa shape index (κ3) is 7.38. The lowest BCUT2D eigenvalue weighted by atomic mass is 9.72. The summed E-state index contributed by atoms with van der Waals surface area (Å²) in [4.78, 5) is 34.6. The first-order valence-electron chi connectivity index (χ1n) is 19.2. The largest absolute Gasteiger partial charge is 0.472 e. The zero-order valence-corrected chi connectivity index (χ0v) is 31.7. The molecule has 8 rings (SSSR count). The number of hydrogen-bond donors (Lipinski definition) is 2. The van der Waals surface area contributed by atoms with Crippen LogP contribution in [0.5, 0.6) is 5.88 Å². The minimum absolute atomic E-state index is 0.0704. The van der Waals surface area contributed by atoms with E-state index in [1.165, 1.54) is 16.0 Å². The first-order valence-corrected chi connectivity index (χ1v) is 20.0. The second-order valence-electron chi connectivity index (χ2n) is 15.6. The smallest absolute Gasteiger partial charge is 0.253 e. The number of fused-ring (bicyclic) bond motifs is 1. The number of carbonyl (C=O) groups excluding carboxylic acids is 1. The van der Waals surface area contributed by atoms with Crippen molar-refractivity contribution in [2.45, 2.75) is 102 Å². The minimum Gasteiger partial charge on any atom is -0.472 e. The molecular weight excluding hydrogens is 709 g/mol. The highest BCUT2D eigenvalue weighted by Gasteiger charge is 2.43. The molecule has 286 valence electrons. The summed E-state index contributed by atoms with van der Waals surface area (Å²) in [5.74, 6) is 2.52. The number of aliphatic hydroxyl groups excluding tert-OH is 1. The van der Waals surface area contributed by atoms with Crippen LogP contribution >= 0.6 is 11.3 Å². The van der Waals surface area contributed by atoms with Crippen molar-refractivity contribution in [1.29, 1.82) is 5.26 Å². The van der Waals surface area contributed by atoms with Crippen LogP contribution in [0.1, 0.15) is 87.1 Å². The quantitative estimate of drug-likeness (QED) is 0.252. The molecule has 2 aliphatic heterocycles. The first kappa shape index (κ1) is 36.3. The molecule has 16 nitrogen and oxygen atoms in total. The Balaban J connectivity index is 0.843. The molecule has 4 aliphatic rings. The molecule has 1 amide bonds. The number of aromatic nitrogens is 7. The SMILES string of the molecule is CC1CN(CC2CCC(Oc3cn(CC(=O)N4CCC(O)C4)nn3)CC2)CCCN1c1nccc(-c2noc(C3(C)CCCc4sc(N)c(C#N)c43)n2)n1. The maximum absolute atomic E-state index is 12.5. The maximum atomic E-state index is 12.5. The van der Waals surface area contributed by atoms with Gasteiger partial charge in [-0.05, 0) is 90.2 Å². The molecule has 2 aliphatic carbocycles. The van der Waals surface area contributed by atoms with Gasteiger partial charge in [0.05, 0.1) is 23.3 Å². The van der Waals surface area contributed by atoms with Gasteiger partial charge in [-0.1, -0.05) is 15.5 Å². The van der Waals surface area contributed by atoms with E-state index in [9.17, 15) is 15.2 Å². The van der Waals surface area contributed by atoms with E-state index in [-0.39, 0.29) is 24.6 Å². The average Bonchev–Trinajstić information content (AvgIpc) is 3.97. The van der Waals surface area contributed by atoms with Crippen LogP contribution in [0.3, 0.4) is 0 Å². The second-order valence-corrected chi connectivity index (χ2v) is 16.7. The van der Waals surface area contributed by atoms with Gasteiger partial charge in [-0.15, -0.1) is 11.3 Å². The molecule has 4 aromatic rings. The lowest BCUT2D eigenvalue weighted by Gasteiger charge is -2.33. The fourth-order valence-corrected chi connectivity index (χ4v) is 9.96. The molecule has 4 aromatic heterocycles. The Labute approximate surface area is 318 Å². The van der Waals surface area contributed by atoms with Crippen molar-refractivity contribution in [1.82, 2.24) is 44.9 Å². The molecule has 1 saturated carbocycles. The first-order chi connectivity index (χ1) is 26.2. The lowest BCUT2D eigenvalue weighted by Crippen LogP contribution is -2.41. The molecule has 3 N–H and O–H groups in total. The van der Waals surface area contributed by atoms with Crippen LogP contribution in [-0.4, -0.2) is 113 Å². The van der Waals surface area contributed by atoms with Crippen LogP contribution < -0.4 is 15.4 Å². The number of ether oxygens (including phenoxy) is 1. The van der Waals surface area contributed by atoms with E-state index < -0.39 is 11.5 Å². The van der Waals surface area contributed by atoms with E-state index in [1.807, 2.05) is 6.07 Å². The fourth-order valence-electron chi connectivity index (χ4n) is 8.77. The van der Waals surface area contributed by atoms with Crippen LogP contribution in [0, 0.1) is 17.2 Å². The van der Waals surface area contributed by atoms with Crippen LogP contribution in [0.2, 0.25) is 0 Å². The number of rotatable bonds is 9. The van der Waals surface area contributed by atoms with E-state index in [2.05, 4.69) is 50.2 Å². The van der Waals surface area contributed by atoms with Crippen LogP contribution in [0.4, 0.5) is 10.9 Å². The van der Waals surface area contributed by atoms with Gasteiger partial charge in [-0.3, -0.25) is 4.79 Å². The normalized spacial score (nSPS) is 26.3. The number of amides is 1. The van der Waals surface area contributed by atoms with Gasteiger partial charge in [0.2, 0.25) is 23.6 Å². The predicted molar refractivity (Wildman–Crippen MR) is 200 cm³/mol. The molecule has 54 heavy (non-hydrogen) atoms. The van der Waals surface area contributed by atoms with Crippen LogP contribution in [-0.2, 0) is 23.2 Å². The summed E-state index contributed by atoms with van der Waals surface area (Å²) in [6.07, 6.45) is 11.4. The van der Waals surface area contributed by atoms with Crippen LogP contribution in [0.25, 0.3) is 11.5 Å². The predicted octanol–water partition coefficient (Wildman–Crippen LogP) is 3.41. The molecule has 2 saturated heterocycles. The van der Waals surface area contributed by atoms with Gasteiger partial charge in [0.15, 0.2) is 0 Å². The highest BCUT2D eigenvalue weighted by atomic mass is 32.1. The number of aryl methyl sites for hydroxylation is 1. The van der Waals surface area contributed by atoms with Gasteiger partial charge < -0.3 is 34.8 Å². The Kier molecular flexibility index (Phi) is 10.2. The molecule has 0 bridgehead atoms. The monoisotopic (exact) mass is 756 g/mol. The Bertz CT molecular complexity index is 2000. The van der Waals surface area contributed by atoms with E-state index in [1.54, 1.807) is 17.3 Å². The molecular formula is C37H48N12O4S. The van der Waals surface area contributed by atoms with E-state index in [0.29, 0.717) is 65.2 Å². The second kappa shape index (κ2) is 15.2. The third-order valence-corrected chi connectivity index (χ3v) is 12.7. The van der Waals surface area contributed by atoms with E-state index >= 15 is 0 Å². The molecule has 3 unspecified atom stereocenters. The summed E-state index contributed by atoms with van der Waals surface area (Å²) in [6.45, 7) is 9.18. The molecule has 3 atom stereocenters. The number of nitrogens with zero attached hydrogens (tertiary/aromatic N) is 11. The molecule has 6 heterocycles. The zero-order chi connectivity index (χ0) is 37.4. The molecule has 0 aromatic carbocycles. The van der Waals surface area contributed by atoms with Crippen molar-refractivity contribution in [3.63, 3.8) is 0 Å². The van der Waals surface area contributed by atoms with Crippen LogP contribution in [0.15, 0.2) is 23.0 Å². The standard InChI is InChI=1S/C37H48N12O4S/c1-23-18-46(19-24-6-8-26(9-7-24)52-30-21-48(45-43-30)22-31(51)47-16-11-25(50)20-47)14-4-15-49(23)36-40-13-10-28(41-36)34-42-35(53-44-34)37(2)12-3-5-29-32(37)27(17-38)33(39)54-29/h10,13,21,23-26,50H,3-9,11-12,14-16,18-20,22,39H2,1-2H3. The van der Waals surface area contributed by atoms with Gasteiger partial charge in [-0.2, -0.15) is 10.2 Å². The maximum Gasteiger partial charge on any atom is 0.253 e. The summed E-state index contributed by atoms with van der Waals surface area (Å²) in [6, 6.07) is 4.34. The van der Waals surface area contributed by atoms with Gasteiger partial charge in [0.25, 0.3) is 5.88 Å². The van der Waals surface area contributed by atoms with Gasteiger partial charge >= 0.3 is 0 Å². The molecule has 0 radical (unpaired) electrons. The molecule has 3 fully saturated rings. The highest BCUT2D eigenvalue weighted by molar-refractivity contribution is 7.16. The summed E-state index contributed by atoms with van der Waals surface area (Å²) in [7, 11) is 0. The van der Waals surface area contributed by atoms with Crippen molar-refractivity contribution >= 4 is 28.2 Å². The Morgan fingerprint density at radius 2 is 2.02 bits per heavy atom. The van der Waals surface area contributed by atoms with Gasteiger partial charge in [0.1, 0.15) is 29.4 Å². The number of nitrogens with two attached hydrogens (primary N) is 1. The van der Waals surface area contributed by atoms with E-state index in [4.69, 9.17) is 25.0 Å². The number of hydrogen-bond acceptors (Lipinski definition) is 15. The number of nitrogen functional groups attached to an aromatic ring is 1. The summed E-state index contributed by atoms with van der Waals surface area (Å²) in [5.41, 5.74) is 7.69. The van der Waals surface area contributed by atoms with Gasteiger partial charge in [0, 0.05) is 55.4 Å². The topological polar surface area (TPSA) is 201 Å². The number of nitriles is 1. The van der Waals surface area contributed by atoms with E-state index in [0.717, 1.165) is 88.0 Å². The number of anilines is 2. The number of thiophene rings is 1. The highest BCUT2D eigenvalue weighted by Crippen LogP contribution is 2.48. The van der Waals surface area contributed by atoms with Crippen molar-refractivity contribution in [3.8, 4) is 23.5 Å². The van der Waals surface area contributed by atoms with Crippen molar-refractivity contribution in [2.75, 3.05) is 49.9 Å². The Morgan fingerprint density at radius 3 is 2.81 bits per heavy atom. The number of aliphatic hydroxyl groups is 1. The summed E-state index contributed by atoms with van der Waals surface area (Å²) >= 11 is 1.49. The minimum atomic E-state index is -0.590. The Morgan fingerprint density at radius 1 is 1.17 bits per heavy atom. The van der Waals surface area contributed by atoms with Crippen molar-refractivity contribution < 1.29 is 19.2 Å². The summed E-state index contributed by atoms with van der Waals surface area (Å²) < 4.78 is 13.6. The fraction of sp³-hybridized carbons (Fsp3) is 0.622. The number of β-amino-alcohol motifs (C(OH)–C–C–N with tert-alkyl or cyclic N) is 1. The zero-order valence-electron chi connectivity index (χ0n) is 30.9. The Hall–Kier alpha value is -4.66. The number of likely N-dealkylation sites (tertiary alicyclic amines) is 1. The molecule has 17 heteroatoms. The lowest BCUT2D eigenvalue weighted by molar-refractivity contribution is -0.131.